The molecule has 0 atom stereocenters. The van der Waals surface area contributed by atoms with Crippen LogP contribution in [0, 0.1) is 13.8 Å². The molecule has 1 aromatic heterocycles. The van der Waals surface area contributed by atoms with E-state index in [4.69, 9.17) is 4.74 Å². The van der Waals surface area contributed by atoms with Gasteiger partial charge in [0, 0.05) is 11.0 Å². The minimum absolute atomic E-state index is 0.187. The molecule has 30 heavy (non-hydrogen) atoms. The Morgan fingerprint density at radius 1 is 1.20 bits per heavy atom. The van der Waals surface area contributed by atoms with Crippen LogP contribution in [0.2, 0.25) is 0 Å². The van der Waals surface area contributed by atoms with E-state index in [9.17, 15) is 14.4 Å². The lowest BCUT2D eigenvalue weighted by Crippen LogP contribution is -2.28. The fraction of sp³-hybridized carbons (Fsp3) is 0.238. The van der Waals surface area contributed by atoms with E-state index in [2.05, 4.69) is 9.73 Å². The van der Waals surface area contributed by atoms with E-state index >= 15 is 0 Å². The quantitative estimate of drug-likeness (QED) is 0.503. The molecule has 0 radical (unpaired) electrons. The predicted octanol–water partition coefficient (Wildman–Crippen LogP) is 4.37. The van der Waals surface area contributed by atoms with Gasteiger partial charge in [0.05, 0.1) is 29.9 Å². The molecule has 7 nitrogen and oxygen atoms in total. The number of rotatable bonds is 5. The number of methoxy groups -OCH3 is 1. The second-order valence-corrected chi connectivity index (χ2v) is 8.40. The molecule has 1 amide bonds. The number of carbonyl (C=O) groups is 3. The van der Waals surface area contributed by atoms with Gasteiger partial charge in [0.1, 0.15) is 5.00 Å². The van der Waals surface area contributed by atoms with E-state index in [0.717, 1.165) is 28.3 Å². The monoisotopic (exact) mass is 444 g/mol. The van der Waals surface area contributed by atoms with Gasteiger partial charge in [-0.2, -0.15) is 0 Å². The number of anilines is 1. The number of thiophene rings is 1. The fourth-order valence-corrected chi connectivity index (χ4v) is 4.76. The maximum Gasteiger partial charge on any atom is 0.341 e. The molecule has 3 rings (SSSR count). The molecule has 0 spiro atoms. The van der Waals surface area contributed by atoms with Crippen LogP contribution in [-0.2, 0) is 19.1 Å². The topological polar surface area (TPSA) is 85.3 Å². The fourth-order valence-electron chi connectivity index (χ4n) is 2.74. The van der Waals surface area contributed by atoms with Crippen LogP contribution in [0.3, 0.4) is 0 Å². The van der Waals surface area contributed by atoms with E-state index in [1.54, 1.807) is 31.2 Å². The Bertz CT molecular complexity index is 1060. The highest BCUT2D eigenvalue weighted by Crippen LogP contribution is 2.40. The Morgan fingerprint density at radius 3 is 2.53 bits per heavy atom. The van der Waals surface area contributed by atoms with Crippen LogP contribution in [0.1, 0.15) is 27.7 Å². The molecule has 156 valence electrons. The van der Waals surface area contributed by atoms with Crippen LogP contribution in [0.15, 0.2) is 46.3 Å². The minimum Gasteiger partial charge on any atom is -0.466 e. The second kappa shape index (κ2) is 9.27. The third-order valence-corrected chi connectivity index (χ3v) is 6.38. The molecular weight excluding hydrogens is 424 g/mol. The van der Waals surface area contributed by atoms with Crippen molar-refractivity contribution < 1.29 is 23.9 Å². The number of aliphatic imine (C=N–C) groups is 1. The summed E-state index contributed by atoms with van der Waals surface area (Å²) >= 11 is 2.40. The summed E-state index contributed by atoms with van der Waals surface area (Å²) in [6.45, 7) is 5.73. The molecular formula is C21H20N2O5S2. The Balaban J connectivity index is 2.13. The van der Waals surface area contributed by atoms with Crippen LogP contribution < -0.4 is 4.90 Å². The summed E-state index contributed by atoms with van der Waals surface area (Å²) in [4.78, 5) is 44.4. The van der Waals surface area contributed by atoms with Gasteiger partial charge in [0.2, 0.25) is 0 Å². The maximum atomic E-state index is 13.0. The van der Waals surface area contributed by atoms with Crippen molar-refractivity contribution in [2.24, 2.45) is 4.99 Å². The summed E-state index contributed by atoms with van der Waals surface area (Å²) < 4.78 is 9.84. The number of amidine groups is 1. The molecule has 1 aromatic carbocycles. The predicted molar refractivity (Wildman–Crippen MR) is 118 cm³/mol. The molecule has 0 bridgehead atoms. The lowest BCUT2D eigenvalue weighted by Gasteiger charge is -2.15. The number of ether oxygens (including phenoxy) is 2. The number of benzene rings is 1. The first-order valence-corrected chi connectivity index (χ1v) is 10.7. The standard InChI is InChI=1S/C21H20N2O5S2/c1-5-28-20(26)17-12(2)13(3)29-18(17)22-21-23(14-9-7-6-8-10-14)19(25)15(30-21)11-16(24)27-4/h6-11H,5H2,1-4H3/b15-11+,22-21-. The number of esters is 2. The summed E-state index contributed by atoms with van der Waals surface area (Å²) in [5.41, 5.74) is 1.78. The van der Waals surface area contributed by atoms with Gasteiger partial charge in [0.25, 0.3) is 5.91 Å². The van der Waals surface area contributed by atoms with Gasteiger partial charge < -0.3 is 9.47 Å². The lowest BCUT2D eigenvalue weighted by atomic mass is 10.1. The van der Waals surface area contributed by atoms with Crippen LogP contribution in [0.5, 0.6) is 0 Å². The summed E-state index contributed by atoms with van der Waals surface area (Å²) in [7, 11) is 1.25. The Kier molecular flexibility index (Phi) is 6.73. The van der Waals surface area contributed by atoms with Crippen molar-refractivity contribution in [2.75, 3.05) is 18.6 Å². The van der Waals surface area contributed by atoms with Crippen molar-refractivity contribution in [1.29, 1.82) is 0 Å². The zero-order valence-corrected chi connectivity index (χ0v) is 18.6. The van der Waals surface area contributed by atoms with E-state index in [0.29, 0.717) is 21.4 Å². The number of hydrogen-bond donors (Lipinski definition) is 0. The van der Waals surface area contributed by atoms with Gasteiger partial charge in [-0.3, -0.25) is 9.69 Å². The first-order chi connectivity index (χ1) is 14.4. The van der Waals surface area contributed by atoms with Crippen molar-refractivity contribution in [2.45, 2.75) is 20.8 Å². The van der Waals surface area contributed by atoms with Crippen LogP contribution in [-0.4, -0.2) is 36.7 Å². The second-order valence-electron chi connectivity index (χ2n) is 6.19. The molecule has 0 saturated carbocycles. The molecule has 1 fully saturated rings. The number of carbonyl (C=O) groups excluding carboxylic acids is 3. The van der Waals surface area contributed by atoms with Gasteiger partial charge in [0.15, 0.2) is 5.17 Å². The highest BCUT2D eigenvalue weighted by Gasteiger charge is 2.36. The average Bonchev–Trinajstić information content (AvgIpc) is 3.18. The van der Waals surface area contributed by atoms with E-state index in [1.807, 2.05) is 19.9 Å². The molecule has 0 unspecified atom stereocenters. The third-order valence-electron chi connectivity index (χ3n) is 4.31. The van der Waals surface area contributed by atoms with Crippen molar-refractivity contribution in [1.82, 2.24) is 0 Å². The SMILES string of the molecule is CCOC(=O)c1c(/N=C2\S/C(=C/C(=O)OC)C(=O)N2c2ccccc2)sc(C)c1C. The van der Waals surface area contributed by atoms with Gasteiger partial charge in [-0.25, -0.2) is 14.6 Å². The zero-order chi connectivity index (χ0) is 21.8. The Labute approximate surface area is 182 Å². The van der Waals surface area contributed by atoms with Crippen molar-refractivity contribution in [3.05, 3.63) is 57.3 Å². The molecule has 2 heterocycles. The van der Waals surface area contributed by atoms with Crippen molar-refractivity contribution in [3.63, 3.8) is 0 Å². The summed E-state index contributed by atoms with van der Waals surface area (Å²) in [6.07, 6.45) is 1.14. The summed E-state index contributed by atoms with van der Waals surface area (Å²) in [5, 5.41) is 0.798. The largest absolute Gasteiger partial charge is 0.466 e. The first kappa shape index (κ1) is 21.8. The number of nitrogens with zero attached hydrogens (tertiary/aromatic N) is 2. The zero-order valence-electron chi connectivity index (χ0n) is 16.9. The van der Waals surface area contributed by atoms with Gasteiger partial charge in [-0.05, 0) is 50.2 Å². The number of hydrogen-bond acceptors (Lipinski definition) is 8. The third kappa shape index (κ3) is 4.31. The number of thioether (sulfide) groups is 1. The van der Waals surface area contributed by atoms with Crippen LogP contribution >= 0.6 is 23.1 Å². The molecule has 9 heteroatoms. The number of aryl methyl sites for hydroxylation is 1. The van der Waals surface area contributed by atoms with E-state index in [-0.39, 0.29) is 11.5 Å². The maximum absolute atomic E-state index is 13.0. The molecule has 1 saturated heterocycles. The molecule has 0 aliphatic carbocycles. The minimum atomic E-state index is -0.630. The Morgan fingerprint density at radius 2 is 1.90 bits per heavy atom. The smallest absolute Gasteiger partial charge is 0.341 e. The summed E-state index contributed by atoms with van der Waals surface area (Å²) in [6, 6.07) is 8.98. The van der Waals surface area contributed by atoms with E-state index < -0.39 is 17.8 Å². The van der Waals surface area contributed by atoms with Gasteiger partial charge >= 0.3 is 11.9 Å². The van der Waals surface area contributed by atoms with Crippen molar-refractivity contribution in [3.8, 4) is 0 Å². The van der Waals surface area contributed by atoms with Crippen LogP contribution in [0.4, 0.5) is 10.7 Å². The van der Waals surface area contributed by atoms with Crippen LogP contribution in [0.25, 0.3) is 0 Å². The molecule has 1 aliphatic heterocycles. The van der Waals surface area contributed by atoms with E-state index in [1.165, 1.54) is 23.3 Å². The van der Waals surface area contributed by atoms with Gasteiger partial charge in [-0.15, -0.1) is 11.3 Å². The number of amides is 1. The molecule has 2 aromatic rings. The highest BCUT2D eigenvalue weighted by atomic mass is 32.2. The molecule has 1 aliphatic rings. The lowest BCUT2D eigenvalue weighted by molar-refractivity contribution is -0.135. The van der Waals surface area contributed by atoms with Crippen molar-refractivity contribution >= 4 is 56.8 Å². The average molecular weight is 445 g/mol. The Hall–Kier alpha value is -2.91. The normalized spacial score (nSPS) is 16.4. The highest BCUT2D eigenvalue weighted by molar-refractivity contribution is 8.19. The summed E-state index contributed by atoms with van der Waals surface area (Å²) in [5.74, 6) is -1.47. The van der Waals surface area contributed by atoms with Gasteiger partial charge in [-0.1, -0.05) is 18.2 Å². The first-order valence-electron chi connectivity index (χ1n) is 9.10. The number of para-hydroxylation sites is 1. The molecule has 0 N–H and O–H groups in total.